The van der Waals surface area contributed by atoms with Crippen molar-refractivity contribution in [3.63, 3.8) is 0 Å². The highest BCUT2D eigenvalue weighted by Gasteiger charge is 2.44. The minimum Gasteiger partial charge on any atom is -0.310 e. The number of hydrogen-bond acceptors (Lipinski definition) is 2. The highest BCUT2D eigenvalue weighted by molar-refractivity contribution is 7.00. The Morgan fingerprint density at radius 1 is 0.243 bits per heavy atom. The van der Waals surface area contributed by atoms with E-state index in [4.69, 9.17) is 9.97 Å². The molecule has 546 valence electrons. The molecule has 5 heteroatoms. The molecule has 0 unspecified atom stereocenters. The summed E-state index contributed by atoms with van der Waals surface area (Å²) in [5, 5.41) is 5.13. The van der Waals surface area contributed by atoms with E-state index in [1.165, 1.54) is 116 Å². The lowest BCUT2D eigenvalue weighted by Gasteiger charge is -2.35. The molecule has 0 atom stereocenters. The Hall–Kier alpha value is -11.4. The summed E-state index contributed by atoms with van der Waals surface area (Å²) in [6.07, 6.45) is 0. The van der Waals surface area contributed by atoms with Crippen molar-refractivity contribution in [1.29, 1.82) is 0 Å². The Labute approximate surface area is 657 Å². The molecule has 0 fully saturated rings. The molecule has 13 aromatic carbocycles. The van der Waals surface area contributed by atoms with Crippen LogP contribution in [0.15, 0.2) is 273 Å². The molecule has 2 aliphatic rings. The molecule has 3 aromatic heterocycles. The summed E-state index contributed by atoms with van der Waals surface area (Å²) in [6, 6.07) is 104. The molecule has 2 aliphatic heterocycles. The fourth-order valence-electron chi connectivity index (χ4n) is 17.8. The normalized spacial score (nSPS) is 13.1. The number of aromatic nitrogens is 4. The molecule has 5 heterocycles. The molecular weight excluding hydrogens is 1340 g/mol. The van der Waals surface area contributed by atoms with Crippen LogP contribution < -0.4 is 16.4 Å². The molecular formula is C106H99BN4. The second-order valence-corrected chi connectivity index (χ2v) is 38.0. The number of fused-ring (bicyclic) bond motifs is 10. The minimum absolute atomic E-state index is 0.00956. The summed E-state index contributed by atoms with van der Waals surface area (Å²) in [5.41, 5.74) is 36.6. The lowest BCUT2D eigenvalue weighted by Crippen LogP contribution is -2.59. The van der Waals surface area contributed by atoms with Gasteiger partial charge in [-0.15, -0.1) is 0 Å². The second-order valence-electron chi connectivity index (χ2n) is 38.0. The summed E-state index contributed by atoms with van der Waals surface area (Å²) in [4.78, 5) is 12.1. The summed E-state index contributed by atoms with van der Waals surface area (Å²) >= 11 is 0. The molecule has 0 bridgehead atoms. The maximum absolute atomic E-state index is 6.07. The van der Waals surface area contributed by atoms with Crippen LogP contribution in [0.25, 0.3) is 156 Å². The first-order chi connectivity index (χ1) is 52.8. The number of rotatable bonds is 9. The molecule has 0 radical (unpaired) electrons. The Morgan fingerprint density at radius 3 is 0.847 bits per heavy atom. The highest BCUT2D eigenvalue weighted by atomic mass is 15.0. The van der Waals surface area contributed by atoms with E-state index in [0.717, 1.165) is 84.0 Å². The summed E-state index contributed by atoms with van der Waals surface area (Å²) in [7, 11) is 0. The molecule has 4 nitrogen and oxygen atoms in total. The monoisotopic (exact) mass is 1440 g/mol. The Kier molecular flexibility index (Phi) is 16.4. The van der Waals surface area contributed by atoms with Crippen LogP contribution in [0.5, 0.6) is 0 Å². The fourth-order valence-corrected chi connectivity index (χ4v) is 17.8. The van der Waals surface area contributed by atoms with Crippen molar-refractivity contribution in [1.82, 2.24) is 19.1 Å². The first-order valence-electron chi connectivity index (χ1n) is 40.0. The predicted molar refractivity (Wildman–Crippen MR) is 476 cm³/mol. The average Bonchev–Trinajstić information content (AvgIpc) is 1.52. The van der Waals surface area contributed by atoms with Crippen molar-refractivity contribution in [3.05, 3.63) is 306 Å². The Bertz CT molecular complexity index is 5930. The van der Waals surface area contributed by atoms with Crippen LogP contribution in [0.2, 0.25) is 0 Å². The predicted octanol–water partition coefficient (Wildman–Crippen LogP) is 26.6. The number of hydrogen-bond donors (Lipinski definition) is 0. The van der Waals surface area contributed by atoms with Gasteiger partial charge in [0, 0.05) is 60.6 Å². The number of nitrogens with zero attached hydrogens (tertiary/aromatic N) is 4. The lowest BCUT2D eigenvalue weighted by atomic mass is 9.34. The third-order valence-corrected chi connectivity index (χ3v) is 23.9. The zero-order chi connectivity index (χ0) is 77.3. The van der Waals surface area contributed by atoms with Gasteiger partial charge in [0.05, 0.1) is 22.4 Å². The molecule has 18 rings (SSSR count). The van der Waals surface area contributed by atoms with Gasteiger partial charge in [-0.25, -0.2) is 9.97 Å². The summed E-state index contributed by atoms with van der Waals surface area (Å²) in [6.45, 7) is 42.5. The van der Waals surface area contributed by atoms with Gasteiger partial charge in [-0.05, 0) is 228 Å². The van der Waals surface area contributed by atoms with Gasteiger partial charge in [0.15, 0.2) is 5.82 Å². The number of benzene rings is 13. The van der Waals surface area contributed by atoms with E-state index in [0.29, 0.717) is 5.82 Å². The Balaban J connectivity index is 1.03. The van der Waals surface area contributed by atoms with Gasteiger partial charge in [-0.3, -0.25) is 0 Å². The van der Waals surface area contributed by atoms with Crippen molar-refractivity contribution >= 4 is 66.7 Å². The van der Waals surface area contributed by atoms with Gasteiger partial charge in [0.2, 0.25) is 0 Å². The first kappa shape index (κ1) is 71.2. The van der Waals surface area contributed by atoms with Gasteiger partial charge < -0.3 is 9.13 Å². The van der Waals surface area contributed by atoms with Crippen LogP contribution in [0.4, 0.5) is 0 Å². The lowest BCUT2D eigenvalue weighted by molar-refractivity contribution is 0.572. The third kappa shape index (κ3) is 12.4. The van der Waals surface area contributed by atoms with Crippen molar-refractivity contribution in [2.45, 2.75) is 157 Å². The van der Waals surface area contributed by atoms with Gasteiger partial charge >= 0.3 is 0 Å². The second kappa shape index (κ2) is 25.6. The van der Waals surface area contributed by atoms with E-state index < -0.39 is 0 Å². The van der Waals surface area contributed by atoms with Crippen molar-refractivity contribution in [2.24, 2.45) is 0 Å². The first-order valence-corrected chi connectivity index (χ1v) is 40.0. The molecule has 0 aliphatic carbocycles. The van der Waals surface area contributed by atoms with E-state index >= 15 is 0 Å². The molecule has 0 saturated carbocycles. The molecule has 16 aromatic rings. The van der Waals surface area contributed by atoms with E-state index in [2.05, 4.69) is 407 Å². The maximum atomic E-state index is 6.07. The minimum atomic E-state index is -0.239. The standard InChI is InChI=1S/C106H99BN4/c1-101(2,3)79-43-39-68(40-44-79)74-53-83-95-85(105(13,14)15)59-81(103(7,8)9)61-91(95)110-93-57-78(58-94-97(93)107(87(55-74)98(83)110)88-56-75(69-41-45-80(46-42-69)102(4,5)6)54-84-96-86(106(16,17)18)60-82(104(10,11)12)62-92(96)111(94)99(84)88)100-108-89(76-49-70(64-31-23-19-24-32-64)47-71(50-76)65-33-25-20-26-34-65)63-90(109-100)77-51-72(66-35-27-21-28-36-66)48-73(52-77)67-37-29-22-30-38-67/h19-63H,1-18H3. The van der Waals surface area contributed by atoms with Crippen molar-refractivity contribution in [3.8, 4) is 112 Å². The molecule has 0 amide bonds. The maximum Gasteiger partial charge on any atom is 0.252 e. The smallest absolute Gasteiger partial charge is 0.252 e. The van der Waals surface area contributed by atoms with E-state index in [1.54, 1.807) is 0 Å². The topological polar surface area (TPSA) is 35.6 Å². The van der Waals surface area contributed by atoms with E-state index in [9.17, 15) is 0 Å². The quantitative estimate of drug-likeness (QED) is 0.135. The van der Waals surface area contributed by atoms with Crippen LogP contribution in [-0.4, -0.2) is 25.8 Å². The molecule has 111 heavy (non-hydrogen) atoms. The largest absolute Gasteiger partial charge is 0.310 e. The van der Waals surface area contributed by atoms with Crippen LogP contribution in [0.1, 0.15) is 158 Å². The Morgan fingerprint density at radius 2 is 0.541 bits per heavy atom. The molecule has 0 saturated heterocycles. The third-order valence-electron chi connectivity index (χ3n) is 23.9. The van der Waals surface area contributed by atoms with Gasteiger partial charge in [-0.2, -0.15) is 0 Å². The zero-order valence-electron chi connectivity index (χ0n) is 67.8. The van der Waals surface area contributed by atoms with E-state index in [1.807, 2.05) is 0 Å². The van der Waals surface area contributed by atoms with Gasteiger partial charge in [0.1, 0.15) is 0 Å². The van der Waals surface area contributed by atoms with Gasteiger partial charge in [0.25, 0.3) is 6.71 Å². The van der Waals surface area contributed by atoms with Crippen LogP contribution in [-0.2, 0) is 32.5 Å². The average molecular weight is 1440 g/mol. The highest BCUT2D eigenvalue weighted by Crippen LogP contribution is 2.50. The zero-order valence-corrected chi connectivity index (χ0v) is 67.8. The summed E-state index contributed by atoms with van der Waals surface area (Å²) in [5.74, 6) is 0.646. The van der Waals surface area contributed by atoms with Crippen LogP contribution >= 0.6 is 0 Å². The van der Waals surface area contributed by atoms with E-state index in [-0.39, 0.29) is 39.2 Å². The van der Waals surface area contributed by atoms with Crippen LogP contribution in [0, 0.1) is 0 Å². The van der Waals surface area contributed by atoms with Gasteiger partial charge in [-0.1, -0.05) is 319 Å². The van der Waals surface area contributed by atoms with Crippen LogP contribution in [0.3, 0.4) is 0 Å². The fraction of sp³-hybridized carbons (Fsp3) is 0.226. The molecule has 0 N–H and O–H groups in total. The van der Waals surface area contributed by atoms with Crippen molar-refractivity contribution in [2.75, 3.05) is 0 Å². The SMILES string of the molecule is CC(C)(C)c1ccc(-c2cc3c4c(c2)c2c(C(C)(C)C)cc(C(C)(C)C)cc2n4-c2cc(-c4nc(-c5cc(-c6ccccc6)cc(-c6ccccc6)c5)cc(-c5cc(-c6ccccc6)cc(-c6ccccc6)c5)n4)cc4c2B3c2cc(-c3ccc(C(C)(C)C)cc3)cc3c5c(C(C)(C)C)cc(C(C)(C)C)cc5n-4c23)cc1. The summed E-state index contributed by atoms with van der Waals surface area (Å²) < 4.78 is 5.44. The van der Waals surface area contributed by atoms with Crippen molar-refractivity contribution < 1.29 is 0 Å². The molecule has 0 spiro atoms.